The molecule has 0 spiro atoms. The SMILES string of the molecule is NNC(=O)c1cc(-c2ccc(C#Cc3ccc(C(=O)Nc4ccc(O)c(C(=O)O)c4)cc3)cc2)nc2ccncc12. The Labute approximate surface area is 233 Å². The van der Waals surface area contributed by atoms with Crippen LogP contribution in [-0.2, 0) is 0 Å². The monoisotopic (exact) mass is 543 g/mol. The van der Waals surface area contributed by atoms with E-state index in [1.54, 1.807) is 48.8 Å². The molecule has 2 aromatic heterocycles. The molecule has 10 nitrogen and oxygen atoms in total. The second kappa shape index (κ2) is 11.4. The van der Waals surface area contributed by atoms with Crippen molar-refractivity contribution < 1.29 is 24.6 Å². The predicted molar refractivity (Wildman–Crippen MR) is 152 cm³/mol. The number of phenols is 1. The van der Waals surface area contributed by atoms with Gasteiger partial charge in [-0.2, -0.15) is 0 Å². The highest BCUT2D eigenvalue weighted by molar-refractivity contribution is 6.07. The van der Waals surface area contributed by atoms with E-state index >= 15 is 0 Å². The summed E-state index contributed by atoms with van der Waals surface area (Å²) in [5, 5.41) is 22.0. The fraction of sp³-hybridized carbons (Fsp3) is 0. The molecule has 2 amide bonds. The number of rotatable bonds is 5. The van der Waals surface area contributed by atoms with Crippen molar-refractivity contribution in [3.63, 3.8) is 0 Å². The molecule has 0 fully saturated rings. The number of carbonyl (C=O) groups is 3. The van der Waals surface area contributed by atoms with E-state index in [2.05, 4.69) is 32.6 Å². The second-order valence-electron chi connectivity index (χ2n) is 8.82. The first-order chi connectivity index (χ1) is 19.8. The number of anilines is 1. The molecule has 0 bridgehead atoms. The number of aromatic carboxylic acids is 1. The Hall–Kier alpha value is -6.05. The van der Waals surface area contributed by atoms with E-state index < -0.39 is 17.8 Å². The largest absolute Gasteiger partial charge is 0.507 e. The van der Waals surface area contributed by atoms with Crippen LogP contribution in [0.3, 0.4) is 0 Å². The molecule has 0 aliphatic rings. The molecule has 2 heterocycles. The van der Waals surface area contributed by atoms with Gasteiger partial charge < -0.3 is 15.5 Å². The van der Waals surface area contributed by atoms with Crippen LogP contribution in [0.25, 0.3) is 22.2 Å². The molecule has 0 aliphatic heterocycles. The molecular weight excluding hydrogens is 522 g/mol. The lowest BCUT2D eigenvalue weighted by Gasteiger charge is -2.08. The Morgan fingerprint density at radius 2 is 1.49 bits per heavy atom. The molecule has 0 aliphatic carbocycles. The lowest BCUT2D eigenvalue weighted by molar-refractivity contribution is 0.0693. The van der Waals surface area contributed by atoms with Gasteiger partial charge in [0.1, 0.15) is 11.3 Å². The third-order valence-electron chi connectivity index (χ3n) is 6.15. The lowest BCUT2D eigenvalue weighted by atomic mass is 10.0. The third-order valence-corrected chi connectivity index (χ3v) is 6.15. The highest BCUT2D eigenvalue weighted by Crippen LogP contribution is 2.25. The van der Waals surface area contributed by atoms with Gasteiger partial charge in [-0.15, -0.1) is 0 Å². The number of hydrazine groups is 1. The molecule has 3 aromatic carbocycles. The van der Waals surface area contributed by atoms with E-state index in [4.69, 9.17) is 10.9 Å². The van der Waals surface area contributed by atoms with Crippen LogP contribution in [0.15, 0.2) is 91.3 Å². The van der Waals surface area contributed by atoms with E-state index in [1.165, 1.54) is 18.2 Å². The fourth-order valence-electron chi connectivity index (χ4n) is 4.04. The summed E-state index contributed by atoms with van der Waals surface area (Å²) in [5.74, 6) is 8.93. The van der Waals surface area contributed by atoms with Crippen molar-refractivity contribution in [1.82, 2.24) is 15.4 Å². The molecule has 0 atom stereocenters. The Morgan fingerprint density at radius 3 is 2.15 bits per heavy atom. The zero-order chi connectivity index (χ0) is 28.9. The van der Waals surface area contributed by atoms with Gasteiger partial charge in [-0.25, -0.2) is 15.6 Å². The van der Waals surface area contributed by atoms with E-state index in [1.807, 2.05) is 24.3 Å². The van der Waals surface area contributed by atoms with Crippen molar-refractivity contribution in [1.29, 1.82) is 0 Å². The number of carboxylic acid groups (broad SMARTS) is 1. The van der Waals surface area contributed by atoms with Crippen molar-refractivity contribution in [3.05, 3.63) is 119 Å². The van der Waals surface area contributed by atoms with Crippen LogP contribution in [0, 0.1) is 11.8 Å². The van der Waals surface area contributed by atoms with Crippen LogP contribution < -0.4 is 16.6 Å². The second-order valence-corrected chi connectivity index (χ2v) is 8.82. The minimum absolute atomic E-state index is 0.243. The van der Waals surface area contributed by atoms with Crippen LogP contribution >= 0.6 is 0 Å². The summed E-state index contributed by atoms with van der Waals surface area (Å²) in [6.07, 6.45) is 3.17. The number of aromatic hydroxyl groups is 1. The van der Waals surface area contributed by atoms with Crippen LogP contribution in [0.1, 0.15) is 42.2 Å². The number of amides is 2. The standard InChI is InChI=1S/C31H21N5O5/c32-36-30(39)23-16-27(35-26-13-14-33-17-25(23)26)20-7-3-18(4-8-20)1-2-19-5-9-21(10-6-19)29(38)34-22-11-12-28(37)24(15-22)31(40)41/h3-17,37H,32H2,(H,34,38)(H,36,39)(H,40,41). The molecule has 200 valence electrons. The number of pyridine rings is 2. The van der Waals surface area contributed by atoms with Gasteiger partial charge in [-0.1, -0.05) is 24.0 Å². The summed E-state index contributed by atoms with van der Waals surface area (Å²) in [6.45, 7) is 0. The highest BCUT2D eigenvalue weighted by Gasteiger charge is 2.14. The maximum Gasteiger partial charge on any atom is 0.339 e. The van der Waals surface area contributed by atoms with E-state index in [9.17, 15) is 19.5 Å². The molecule has 5 rings (SSSR count). The van der Waals surface area contributed by atoms with Crippen molar-refractivity contribution in [2.75, 3.05) is 5.32 Å². The average molecular weight is 544 g/mol. The zero-order valence-corrected chi connectivity index (χ0v) is 21.3. The van der Waals surface area contributed by atoms with Gasteiger partial charge in [-0.05, 0) is 66.7 Å². The number of hydrogen-bond acceptors (Lipinski definition) is 7. The number of nitrogen functional groups attached to an aromatic ring is 1. The van der Waals surface area contributed by atoms with Crippen LogP contribution in [0.2, 0.25) is 0 Å². The van der Waals surface area contributed by atoms with Crippen LogP contribution in [-0.4, -0.2) is 38.0 Å². The Morgan fingerprint density at radius 1 is 0.805 bits per heavy atom. The minimum Gasteiger partial charge on any atom is -0.507 e. The average Bonchev–Trinajstić information content (AvgIpc) is 3.00. The normalized spacial score (nSPS) is 10.4. The Kier molecular flexibility index (Phi) is 7.36. The summed E-state index contributed by atoms with van der Waals surface area (Å²) in [7, 11) is 0. The number of carbonyl (C=O) groups excluding carboxylic acids is 2. The van der Waals surface area contributed by atoms with Crippen molar-refractivity contribution in [2.45, 2.75) is 0 Å². The van der Waals surface area contributed by atoms with Gasteiger partial charge in [0.15, 0.2) is 0 Å². The van der Waals surface area contributed by atoms with Crippen LogP contribution in [0.4, 0.5) is 5.69 Å². The number of aromatic nitrogens is 2. The van der Waals surface area contributed by atoms with Crippen molar-refractivity contribution in [3.8, 4) is 28.8 Å². The van der Waals surface area contributed by atoms with Gasteiger partial charge in [0, 0.05) is 45.7 Å². The predicted octanol–water partition coefficient (Wildman–Crippen LogP) is 3.96. The number of benzene rings is 3. The van der Waals surface area contributed by atoms with Gasteiger partial charge in [0.25, 0.3) is 11.8 Å². The number of nitrogens with two attached hydrogens (primary N) is 1. The number of nitrogens with zero attached hydrogens (tertiary/aromatic N) is 2. The van der Waals surface area contributed by atoms with E-state index in [-0.39, 0.29) is 17.0 Å². The Bertz CT molecular complexity index is 1870. The quantitative estimate of drug-likeness (QED) is 0.0730. The molecule has 41 heavy (non-hydrogen) atoms. The van der Waals surface area contributed by atoms with Crippen LogP contribution in [0.5, 0.6) is 5.75 Å². The molecule has 6 N–H and O–H groups in total. The first-order valence-electron chi connectivity index (χ1n) is 12.2. The van der Waals surface area contributed by atoms with E-state index in [0.717, 1.165) is 11.1 Å². The minimum atomic E-state index is -1.30. The first-order valence-corrected chi connectivity index (χ1v) is 12.2. The molecule has 5 aromatic rings. The topological polar surface area (TPSA) is 168 Å². The number of hydrogen-bond donors (Lipinski definition) is 5. The molecular formula is C31H21N5O5. The highest BCUT2D eigenvalue weighted by atomic mass is 16.4. The molecule has 0 saturated carbocycles. The maximum atomic E-state index is 12.6. The number of nitrogens with one attached hydrogen (secondary N) is 2. The maximum absolute atomic E-state index is 12.6. The lowest BCUT2D eigenvalue weighted by Crippen LogP contribution is -2.30. The first kappa shape index (κ1) is 26.6. The van der Waals surface area contributed by atoms with Crippen molar-refractivity contribution in [2.24, 2.45) is 5.84 Å². The van der Waals surface area contributed by atoms with Gasteiger partial charge in [0.05, 0.1) is 16.8 Å². The third kappa shape index (κ3) is 5.85. The van der Waals surface area contributed by atoms with E-state index in [0.29, 0.717) is 33.3 Å². The van der Waals surface area contributed by atoms with Gasteiger partial charge in [-0.3, -0.25) is 20.0 Å². The zero-order valence-electron chi connectivity index (χ0n) is 21.3. The molecule has 0 unspecified atom stereocenters. The molecule has 0 radical (unpaired) electrons. The Balaban J connectivity index is 1.30. The summed E-state index contributed by atoms with van der Waals surface area (Å²) < 4.78 is 0. The molecule has 10 heteroatoms. The van der Waals surface area contributed by atoms with Crippen molar-refractivity contribution >= 4 is 34.4 Å². The number of carboxylic acids is 1. The summed E-state index contributed by atoms with van der Waals surface area (Å²) in [4.78, 5) is 44.8. The number of fused-ring (bicyclic) bond motifs is 1. The van der Waals surface area contributed by atoms with Gasteiger partial charge in [0.2, 0.25) is 0 Å². The smallest absolute Gasteiger partial charge is 0.339 e. The summed E-state index contributed by atoms with van der Waals surface area (Å²) >= 11 is 0. The fourth-order valence-corrected chi connectivity index (χ4v) is 4.04. The summed E-state index contributed by atoms with van der Waals surface area (Å²) in [6, 6.07) is 21.2. The van der Waals surface area contributed by atoms with Gasteiger partial charge >= 0.3 is 5.97 Å². The summed E-state index contributed by atoms with van der Waals surface area (Å²) in [5.41, 5.74) is 6.26. The molecule has 0 saturated heterocycles.